The first-order valence-electron chi connectivity index (χ1n) is 10.5. The van der Waals surface area contributed by atoms with Crippen LogP contribution in [0.3, 0.4) is 0 Å². The second-order valence-electron chi connectivity index (χ2n) is 7.57. The molecule has 1 amide bonds. The molecule has 7 nitrogen and oxygen atoms in total. The Morgan fingerprint density at radius 2 is 1.69 bits per heavy atom. The van der Waals surface area contributed by atoms with Crippen LogP contribution in [0.1, 0.15) is 19.8 Å². The van der Waals surface area contributed by atoms with Gasteiger partial charge in [-0.2, -0.15) is 4.98 Å². The monoisotopic (exact) mass is 457 g/mol. The van der Waals surface area contributed by atoms with E-state index in [0.717, 1.165) is 6.42 Å². The van der Waals surface area contributed by atoms with Gasteiger partial charge in [-0.05, 0) is 42.8 Å². The highest BCUT2D eigenvalue weighted by Gasteiger charge is 2.33. The number of amides is 1. The Bertz CT molecular complexity index is 1190. The lowest BCUT2D eigenvalue weighted by Crippen LogP contribution is -2.48. The van der Waals surface area contributed by atoms with Crippen LogP contribution in [0, 0.1) is 5.82 Å². The average molecular weight is 458 g/mol. The number of rotatable bonds is 6. The highest BCUT2D eigenvalue weighted by Crippen LogP contribution is 2.35. The Labute approximate surface area is 186 Å². The van der Waals surface area contributed by atoms with E-state index in [-0.39, 0.29) is 27.6 Å². The number of aromatic nitrogens is 1. The van der Waals surface area contributed by atoms with Crippen LogP contribution in [0.15, 0.2) is 68.9 Å². The molecule has 1 aliphatic heterocycles. The lowest BCUT2D eigenvalue weighted by Gasteiger charge is -2.34. The summed E-state index contributed by atoms with van der Waals surface area (Å²) in [5.41, 5.74) is 0.471. The third kappa shape index (κ3) is 4.38. The summed E-state index contributed by atoms with van der Waals surface area (Å²) in [7, 11) is -3.95. The summed E-state index contributed by atoms with van der Waals surface area (Å²) in [6, 6.07) is 13.6. The van der Waals surface area contributed by atoms with Crippen molar-refractivity contribution in [2.45, 2.75) is 29.7 Å². The fraction of sp³-hybridized carbons (Fsp3) is 0.304. The molecular formula is C23H24FN3O4S. The van der Waals surface area contributed by atoms with E-state index in [4.69, 9.17) is 4.42 Å². The fourth-order valence-electron chi connectivity index (χ4n) is 3.63. The Morgan fingerprint density at radius 1 is 1.03 bits per heavy atom. The Balaban J connectivity index is 1.71. The van der Waals surface area contributed by atoms with Crippen molar-refractivity contribution in [3.8, 4) is 11.5 Å². The number of halogens is 1. The quantitative estimate of drug-likeness (QED) is 0.560. The molecule has 0 bridgehead atoms. The molecule has 2 aromatic carbocycles. The first-order valence-corrected chi connectivity index (χ1v) is 12.0. The van der Waals surface area contributed by atoms with Gasteiger partial charge in [0.2, 0.25) is 32.5 Å². The Hall–Kier alpha value is -3.20. The van der Waals surface area contributed by atoms with Crippen molar-refractivity contribution < 1.29 is 22.0 Å². The molecule has 1 aliphatic rings. The van der Waals surface area contributed by atoms with E-state index < -0.39 is 15.7 Å². The molecule has 0 spiro atoms. The van der Waals surface area contributed by atoms with Crippen molar-refractivity contribution in [2.75, 3.05) is 31.1 Å². The zero-order valence-corrected chi connectivity index (χ0v) is 18.5. The summed E-state index contributed by atoms with van der Waals surface area (Å²) in [5, 5.41) is -0.184. The van der Waals surface area contributed by atoms with Gasteiger partial charge in [-0.1, -0.05) is 25.1 Å². The van der Waals surface area contributed by atoms with Crippen LogP contribution >= 0.6 is 0 Å². The van der Waals surface area contributed by atoms with Gasteiger partial charge in [0.05, 0.1) is 4.90 Å². The number of carbonyl (C=O) groups excluding carboxylic acids is 1. The van der Waals surface area contributed by atoms with E-state index in [0.29, 0.717) is 38.2 Å². The van der Waals surface area contributed by atoms with Gasteiger partial charge in [0.15, 0.2) is 0 Å². The number of benzene rings is 2. The second kappa shape index (κ2) is 9.12. The minimum atomic E-state index is -3.95. The number of piperazine rings is 1. The summed E-state index contributed by atoms with van der Waals surface area (Å²) < 4.78 is 46.1. The Kier molecular flexibility index (Phi) is 6.27. The van der Waals surface area contributed by atoms with E-state index in [1.807, 2.05) is 6.92 Å². The molecule has 0 unspecified atom stereocenters. The van der Waals surface area contributed by atoms with Crippen LogP contribution in [-0.4, -0.2) is 50.4 Å². The van der Waals surface area contributed by atoms with Gasteiger partial charge >= 0.3 is 0 Å². The van der Waals surface area contributed by atoms with E-state index in [1.165, 1.54) is 36.4 Å². The molecule has 0 N–H and O–H groups in total. The summed E-state index contributed by atoms with van der Waals surface area (Å²) >= 11 is 0. The van der Waals surface area contributed by atoms with Crippen molar-refractivity contribution in [3.63, 3.8) is 0 Å². The van der Waals surface area contributed by atoms with E-state index in [1.54, 1.807) is 28.0 Å². The first-order chi connectivity index (χ1) is 15.4. The minimum Gasteiger partial charge on any atom is -0.419 e. The predicted molar refractivity (Wildman–Crippen MR) is 117 cm³/mol. The van der Waals surface area contributed by atoms with Crippen LogP contribution < -0.4 is 4.90 Å². The second-order valence-corrected chi connectivity index (χ2v) is 9.44. The van der Waals surface area contributed by atoms with Gasteiger partial charge in [-0.15, -0.1) is 0 Å². The van der Waals surface area contributed by atoms with Crippen LogP contribution in [0.25, 0.3) is 11.5 Å². The van der Waals surface area contributed by atoms with E-state index >= 15 is 0 Å². The van der Waals surface area contributed by atoms with Crippen LogP contribution in [0.5, 0.6) is 0 Å². The third-order valence-electron chi connectivity index (χ3n) is 5.36. The van der Waals surface area contributed by atoms with Crippen LogP contribution in [-0.2, 0) is 14.6 Å². The predicted octanol–water partition coefficient (Wildman–Crippen LogP) is 3.76. The number of hydrogen-bond acceptors (Lipinski definition) is 6. The maximum atomic E-state index is 13.4. The number of hydrogen-bond donors (Lipinski definition) is 0. The standard InChI is InChI=1S/C23H24FN3O4S/c1-2-6-20(28)26-13-15-27(16-14-26)23-22(32(29,30)19-7-4-3-5-8-19)25-21(31-23)17-9-11-18(24)12-10-17/h3-5,7-12H,2,6,13-16H2,1H3. The average Bonchev–Trinajstić information content (AvgIpc) is 3.27. The fourth-order valence-corrected chi connectivity index (χ4v) is 4.97. The molecule has 1 fully saturated rings. The molecule has 168 valence electrons. The van der Waals surface area contributed by atoms with E-state index in [9.17, 15) is 17.6 Å². The number of anilines is 1. The van der Waals surface area contributed by atoms with Crippen molar-refractivity contribution in [2.24, 2.45) is 0 Å². The van der Waals surface area contributed by atoms with Gasteiger partial charge < -0.3 is 14.2 Å². The third-order valence-corrected chi connectivity index (χ3v) is 7.03. The number of carbonyl (C=O) groups is 1. The molecule has 0 atom stereocenters. The summed E-state index contributed by atoms with van der Waals surface area (Å²) in [5.74, 6) is -0.0888. The normalized spacial score (nSPS) is 14.6. The van der Waals surface area contributed by atoms with Gasteiger partial charge in [0, 0.05) is 38.2 Å². The number of sulfone groups is 1. The maximum Gasteiger partial charge on any atom is 0.236 e. The van der Waals surface area contributed by atoms with E-state index in [2.05, 4.69) is 4.98 Å². The molecule has 9 heteroatoms. The summed E-state index contributed by atoms with van der Waals surface area (Å²) in [6.45, 7) is 3.74. The molecule has 4 rings (SSSR count). The zero-order valence-electron chi connectivity index (χ0n) is 17.7. The largest absolute Gasteiger partial charge is 0.419 e. The van der Waals surface area contributed by atoms with Gasteiger partial charge in [0.1, 0.15) is 5.82 Å². The molecular weight excluding hydrogens is 433 g/mol. The molecule has 1 saturated heterocycles. The van der Waals surface area contributed by atoms with Crippen molar-refractivity contribution >= 4 is 21.6 Å². The van der Waals surface area contributed by atoms with Gasteiger partial charge in [-0.25, -0.2) is 12.8 Å². The molecule has 3 aromatic rings. The molecule has 32 heavy (non-hydrogen) atoms. The molecule has 2 heterocycles. The first kappa shape index (κ1) is 22.0. The smallest absolute Gasteiger partial charge is 0.236 e. The topological polar surface area (TPSA) is 83.7 Å². The van der Waals surface area contributed by atoms with Gasteiger partial charge in [0.25, 0.3) is 0 Å². The zero-order chi connectivity index (χ0) is 22.7. The maximum absolute atomic E-state index is 13.4. The van der Waals surface area contributed by atoms with Gasteiger partial charge in [-0.3, -0.25) is 4.79 Å². The van der Waals surface area contributed by atoms with Crippen molar-refractivity contribution in [1.82, 2.24) is 9.88 Å². The molecule has 1 aromatic heterocycles. The van der Waals surface area contributed by atoms with Crippen molar-refractivity contribution in [1.29, 1.82) is 0 Å². The van der Waals surface area contributed by atoms with Crippen molar-refractivity contribution in [3.05, 3.63) is 60.4 Å². The SMILES string of the molecule is CCCC(=O)N1CCN(c2oc(-c3ccc(F)cc3)nc2S(=O)(=O)c2ccccc2)CC1. The summed E-state index contributed by atoms with van der Waals surface area (Å²) in [4.78, 5) is 20.2. The lowest BCUT2D eigenvalue weighted by atomic mass is 10.2. The Morgan fingerprint density at radius 3 is 2.31 bits per heavy atom. The molecule has 0 aliphatic carbocycles. The van der Waals surface area contributed by atoms with Crippen LogP contribution in [0.2, 0.25) is 0 Å². The number of oxazole rings is 1. The lowest BCUT2D eigenvalue weighted by molar-refractivity contribution is -0.131. The number of nitrogens with zero attached hydrogens (tertiary/aromatic N) is 3. The molecule has 0 radical (unpaired) electrons. The minimum absolute atomic E-state index is 0.0915. The highest BCUT2D eigenvalue weighted by atomic mass is 32.2. The highest BCUT2D eigenvalue weighted by molar-refractivity contribution is 7.91. The van der Waals surface area contributed by atoms with Crippen LogP contribution in [0.4, 0.5) is 10.3 Å². The molecule has 0 saturated carbocycles. The summed E-state index contributed by atoms with van der Waals surface area (Å²) in [6.07, 6.45) is 1.27.